The molecule has 1 saturated heterocycles. The summed E-state index contributed by atoms with van der Waals surface area (Å²) in [4.78, 5) is 37.9. The van der Waals surface area contributed by atoms with Gasteiger partial charge in [0.05, 0.1) is 11.6 Å². The van der Waals surface area contributed by atoms with E-state index in [9.17, 15) is 19.6 Å². The molecule has 3 rings (SSSR count). The average molecular weight is 379 g/mol. The Bertz CT molecular complexity index is 920. The maximum atomic E-state index is 12.9. The van der Waals surface area contributed by atoms with Gasteiger partial charge in [-0.2, -0.15) is 5.26 Å². The molecule has 3 amide bonds. The Morgan fingerprint density at radius 2 is 2.04 bits per heavy atom. The second-order valence-electron chi connectivity index (χ2n) is 6.90. The molecule has 2 aliphatic heterocycles. The van der Waals surface area contributed by atoms with Gasteiger partial charge in [0, 0.05) is 37.1 Å². The lowest BCUT2D eigenvalue weighted by atomic mass is 10.00. The highest BCUT2D eigenvalue weighted by atomic mass is 16.3. The predicted molar refractivity (Wildman–Crippen MR) is 99.6 cm³/mol. The Morgan fingerprint density at radius 3 is 2.75 bits per heavy atom. The molecule has 144 valence electrons. The number of nitriles is 1. The molecule has 1 fully saturated rings. The highest BCUT2D eigenvalue weighted by Crippen LogP contribution is 2.30. The van der Waals surface area contributed by atoms with Crippen molar-refractivity contribution in [3.05, 3.63) is 34.4 Å². The predicted octanol–water partition coefficient (Wildman–Crippen LogP) is 1.22. The van der Waals surface area contributed by atoms with Crippen LogP contribution in [0.15, 0.2) is 12.1 Å². The van der Waals surface area contributed by atoms with Gasteiger partial charge in [0.2, 0.25) is 11.8 Å². The molecule has 1 aromatic carbocycles. The molecular weight excluding hydrogens is 358 g/mol. The zero-order valence-corrected chi connectivity index (χ0v) is 15.5. The number of fused-ring (bicyclic) bond motifs is 1. The Morgan fingerprint density at radius 1 is 1.21 bits per heavy atom. The van der Waals surface area contributed by atoms with E-state index >= 15 is 0 Å². The third-order valence-electron chi connectivity index (χ3n) is 4.97. The van der Waals surface area contributed by atoms with E-state index in [-0.39, 0.29) is 31.4 Å². The van der Waals surface area contributed by atoms with Gasteiger partial charge in [-0.15, -0.1) is 0 Å². The highest BCUT2D eigenvalue weighted by molar-refractivity contribution is 6.05. The van der Waals surface area contributed by atoms with Crippen LogP contribution in [0.2, 0.25) is 0 Å². The number of imide groups is 1. The molecule has 1 unspecified atom stereocenters. The number of nitrogens with one attached hydrogen (secondary N) is 1. The zero-order valence-electron chi connectivity index (χ0n) is 15.5. The highest BCUT2D eigenvalue weighted by Gasteiger charge is 2.40. The molecule has 1 aromatic rings. The normalized spacial score (nSPS) is 18.2. The van der Waals surface area contributed by atoms with Crippen LogP contribution in [0.1, 0.15) is 65.6 Å². The number of aliphatic hydroxyl groups is 1. The third kappa shape index (κ3) is 4.05. The number of unbranched alkanes of at least 4 members (excludes halogenated alkanes) is 3. The lowest BCUT2D eigenvalue weighted by Crippen LogP contribution is -2.52. The monoisotopic (exact) mass is 379 g/mol. The van der Waals surface area contributed by atoms with Crippen LogP contribution in [0, 0.1) is 23.2 Å². The van der Waals surface area contributed by atoms with E-state index in [1.807, 2.05) is 0 Å². The second kappa shape index (κ2) is 8.69. The van der Waals surface area contributed by atoms with Crippen molar-refractivity contribution in [3.63, 3.8) is 0 Å². The molecule has 7 heteroatoms. The SMILES string of the molecule is N#Cc1cc(C#CCCCCCO)c2c(c1)C(=O)N(C1CCC(=O)NC1=O)C2. The Balaban J connectivity index is 1.83. The van der Waals surface area contributed by atoms with Crippen molar-refractivity contribution in [2.24, 2.45) is 0 Å². The molecule has 28 heavy (non-hydrogen) atoms. The summed E-state index contributed by atoms with van der Waals surface area (Å²) >= 11 is 0. The molecule has 0 spiro atoms. The Kier molecular flexibility index (Phi) is 6.08. The number of carbonyl (C=O) groups is 3. The van der Waals surface area contributed by atoms with Crippen molar-refractivity contribution in [1.29, 1.82) is 5.26 Å². The van der Waals surface area contributed by atoms with Gasteiger partial charge in [0.15, 0.2) is 0 Å². The molecule has 0 bridgehead atoms. The van der Waals surface area contributed by atoms with E-state index in [0.717, 1.165) is 24.8 Å². The van der Waals surface area contributed by atoms with Crippen LogP contribution in [0.4, 0.5) is 0 Å². The van der Waals surface area contributed by atoms with Crippen molar-refractivity contribution in [2.75, 3.05) is 6.61 Å². The third-order valence-corrected chi connectivity index (χ3v) is 4.97. The van der Waals surface area contributed by atoms with E-state index in [1.54, 1.807) is 6.07 Å². The van der Waals surface area contributed by atoms with Crippen LogP contribution in [0.3, 0.4) is 0 Å². The van der Waals surface area contributed by atoms with Crippen LogP contribution in [-0.2, 0) is 16.1 Å². The minimum atomic E-state index is -0.692. The van der Waals surface area contributed by atoms with Crippen LogP contribution in [0.25, 0.3) is 0 Å². The average Bonchev–Trinajstić information content (AvgIpc) is 3.01. The standard InChI is InChI=1S/C21H21N3O4/c22-12-14-10-15(6-4-2-1-3-5-9-25)17-13-24(21(28)16(17)11-14)18-7-8-19(26)23-20(18)27/h10-11,18,25H,1-3,5,7-9,13H2,(H,23,26,27). The first-order valence-electron chi connectivity index (χ1n) is 9.36. The van der Waals surface area contributed by atoms with Gasteiger partial charge >= 0.3 is 0 Å². The minimum absolute atomic E-state index is 0.170. The minimum Gasteiger partial charge on any atom is -0.396 e. The molecule has 2 N–H and O–H groups in total. The molecule has 7 nitrogen and oxygen atoms in total. The summed E-state index contributed by atoms with van der Waals surface area (Å²) in [6, 6.07) is 4.57. The number of carbonyl (C=O) groups excluding carboxylic acids is 3. The van der Waals surface area contributed by atoms with Crippen LogP contribution in [0.5, 0.6) is 0 Å². The first kappa shape index (κ1) is 19.6. The van der Waals surface area contributed by atoms with Crippen LogP contribution in [-0.4, -0.2) is 40.4 Å². The maximum absolute atomic E-state index is 12.9. The van der Waals surface area contributed by atoms with Gasteiger partial charge in [-0.25, -0.2) is 0 Å². The van der Waals surface area contributed by atoms with Crippen LogP contribution < -0.4 is 5.32 Å². The van der Waals surface area contributed by atoms with Gasteiger partial charge in [-0.3, -0.25) is 19.7 Å². The van der Waals surface area contributed by atoms with E-state index in [0.29, 0.717) is 29.5 Å². The Labute approximate surface area is 163 Å². The molecular formula is C21H21N3O4. The number of aliphatic hydroxyl groups excluding tert-OH is 1. The Hall–Kier alpha value is -3.16. The van der Waals surface area contributed by atoms with Crippen LogP contribution >= 0.6 is 0 Å². The molecule has 0 aromatic heterocycles. The summed E-state index contributed by atoms with van der Waals surface area (Å²) in [6.45, 7) is 0.407. The van der Waals surface area contributed by atoms with E-state index in [4.69, 9.17) is 5.11 Å². The van der Waals surface area contributed by atoms with Crippen molar-refractivity contribution in [1.82, 2.24) is 10.2 Å². The zero-order chi connectivity index (χ0) is 20.1. The topological polar surface area (TPSA) is 110 Å². The summed E-state index contributed by atoms with van der Waals surface area (Å²) in [5.41, 5.74) is 2.09. The van der Waals surface area contributed by atoms with E-state index < -0.39 is 11.9 Å². The van der Waals surface area contributed by atoms with Crippen molar-refractivity contribution < 1.29 is 19.5 Å². The van der Waals surface area contributed by atoms with Crippen molar-refractivity contribution in [3.8, 4) is 17.9 Å². The summed E-state index contributed by atoms with van der Waals surface area (Å²) in [7, 11) is 0. The lowest BCUT2D eigenvalue weighted by Gasteiger charge is -2.29. The fraction of sp³-hybridized carbons (Fsp3) is 0.429. The smallest absolute Gasteiger partial charge is 0.255 e. The molecule has 0 aliphatic carbocycles. The fourth-order valence-electron chi connectivity index (χ4n) is 3.50. The van der Waals surface area contributed by atoms with Gasteiger partial charge in [0.1, 0.15) is 6.04 Å². The molecule has 0 radical (unpaired) electrons. The van der Waals surface area contributed by atoms with E-state index in [2.05, 4.69) is 23.2 Å². The molecule has 2 aliphatic rings. The fourth-order valence-corrected chi connectivity index (χ4v) is 3.50. The summed E-state index contributed by atoms with van der Waals surface area (Å²) in [6.07, 6.45) is 3.66. The van der Waals surface area contributed by atoms with E-state index in [1.165, 1.54) is 11.0 Å². The summed E-state index contributed by atoms with van der Waals surface area (Å²) < 4.78 is 0. The van der Waals surface area contributed by atoms with Gasteiger partial charge in [-0.05, 0) is 37.0 Å². The number of hydrogen-bond donors (Lipinski definition) is 2. The lowest BCUT2D eigenvalue weighted by molar-refractivity contribution is -0.136. The summed E-state index contributed by atoms with van der Waals surface area (Å²) in [5, 5.41) is 20.4. The first-order valence-corrected chi connectivity index (χ1v) is 9.36. The quantitative estimate of drug-likeness (QED) is 0.454. The van der Waals surface area contributed by atoms with Crippen molar-refractivity contribution in [2.45, 2.75) is 51.1 Å². The summed E-state index contributed by atoms with van der Waals surface area (Å²) in [5.74, 6) is 5.03. The number of amides is 3. The number of nitrogens with zero attached hydrogens (tertiary/aromatic N) is 2. The number of rotatable bonds is 5. The van der Waals surface area contributed by atoms with Gasteiger partial charge in [-0.1, -0.05) is 18.3 Å². The maximum Gasteiger partial charge on any atom is 0.255 e. The van der Waals surface area contributed by atoms with Gasteiger partial charge < -0.3 is 10.0 Å². The molecule has 1 atom stereocenters. The number of piperidine rings is 1. The number of hydrogen-bond acceptors (Lipinski definition) is 5. The largest absolute Gasteiger partial charge is 0.396 e. The second-order valence-corrected chi connectivity index (χ2v) is 6.90. The van der Waals surface area contributed by atoms with Crippen molar-refractivity contribution >= 4 is 17.7 Å². The first-order chi connectivity index (χ1) is 13.5. The molecule has 2 heterocycles. The van der Waals surface area contributed by atoms with Gasteiger partial charge in [0.25, 0.3) is 5.91 Å². The number of benzene rings is 1. The molecule has 0 saturated carbocycles.